The number of fused-ring (bicyclic) bond motifs is 2. The van der Waals surface area contributed by atoms with Crippen LogP contribution in [0.15, 0.2) is 0 Å². The maximum atomic E-state index is 12.3. The Morgan fingerprint density at radius 3 is 2.44 bits per heavy atom. The molecule has 0 aromatic carbocycles. The molecule has 3 rings (SSSR count). The lowest BCUT2D eigenvalue weighted by atomic mass is 9.99. The molecule has 2 unspecified atom stereocenters. The Morgan fingerprint density at radius 2 is 1.88 bits per heavy atom. The van der Waals surface area contributed by atoms with E-state index in [4.69, 9.17) is 0 Å². The van der Waals surface area contributed by atoms with E-state index >= 15 is 0 Å². The van der Waals surface area contributed by atoms with E-state index in [1.807, 2.05) is 0 Å². The van der Waals surface area contributed by atoms with Gasteiger partial charge in [-0.25, -0.2) is 4.79 Å². The molecule has 2 aliphatic heterocycles. The van der Waals surface area contributed by atoms with E-state index in [1.165, 1.54) is 32.1 Å². The van der Waals surface area contributed by atoms with Crippen molar-refractivity contribution in [2.24, 2.45) is 11.8 Å². The Bertz CT molecular complexity index is 284. The SMILES string of the molecule is CC1CCN(C(=O)N2CC3CCC2C3)CC1. The van der Waals surface area contributed by atoms with Crippen molar-refractivity contribution in [3.63, 3.8) is 0 Å². The lowest BCUT2D eigenvalue weighted by Gasteiger charge is -2.36. The molecule has 0 radical (unpaired) electrons. The summed E-state index contributed by atoms with van der Waals surface area (Å²) < 4.78 is 0. The van der Waals surface area contributed by atoms with Gasteiger partial charge in [-0.2, -0.15) is 0 Å². The van der Waals surface area contributed by atoms with Crippen LogP contribution in [0.4, 0.5) is 4.79 Å². The molecule has 3 fully saturated rings. The highest BCUT2D eigenvalue weighted by molar-refractivity contribution is 5.75. The molecule has 2 bridgehead atoms. The Morgan fingerprint density at radius 1 is 1.12 bits per heavy atom. The van der Waals surface area contributed by atoms with Crippen LogP contribution in [0, 0.1) is 11.8 Å². The number of nitrogens with zero attached hydrogens (tertiary/aromatic N) is 2. The van der Waals surface area contributed by atoms with Crippen molar-refractivity contribution in [3.8, 4) is 0 Å². The number of rotatable bonds is 0. The molecule has 16 heavy (non-hydrogen) atoms. The first-order valence-corrected chi connectivity index (χ1v) is 6.79. The summed E-state index contributed by atoms with van der Waals surface area (Å²) in [6.45, 7) is 5.29. The van der Waals surface area contributed by atoms with Crippen LogP contribution in [0.1, 0.15) is 39.0 Å². The Balaban J connectivity index is 1.61. The summed E-state index contributed by atoms with van der Waals surface area (Å²) in [7, 11) is 0. The van der Waals surface area contributed by atoms with E-state index in [9.17, 15) is 4.79 Å². The third-order valence-electron chi connectivity index (χ3n) is 4.71. The standard InChI is InChI=1S/C13H22N2O/c1-10-4-6-14(7-5-10)13(16)15-9-11-2-3-12(15)8-11/h10-12H,2-9H2,1H3. The Hall–Kier alpha value is -0.730. The summed E-state index contributed by atoms with van der Waals surface area (Å²) >= 11 is 0. The van der Waals surface area contributed by atoms with Gasteiger partial charge in [-0.05, 0) is 43.9 Å². The number of likely N-dealkylation sites (tertiary alicyclic amines) is 2. The van der Waals surface area contributed by atoms with Crippen molar-refractivity contribution in [1.29, 1.82) is 0 Å². The van der Waals surface area contributed by atoms with Gasteiger partial charge in [0.2, 0.25) is 0 Å². The quantitative estimate of drug-likeness (QED) is 0.617. The first-order valence-electron chi connectivity index (χ1n) is 6.79. The van der Waals surface area contributed by atoms with Crippen molar-refractivity contribution in [3.05, 3.63) is 0 Å². The smallest absolute Gasteiger partial charge is 0.320 e. The molecule has 0 spiro atoms. The zero-order chi connectivity index (χ0) is 11.1. The highest BCUT2D eigenvalue weighted by Gasteiger charge is 2.41. The molecule has 0 aromatic rings. The van der Waals surface area contributed by atoms with Gasteiger partial charge in [-0.1, -0.05) is 6.92 Å². The van der Waals surface area contributed by atoms with Crippen LogP contribution >= 0.6 is 0 Å². The lowest BCUT2D eigenvalue weighted by molar-refractivity contribution is 0.123. The Labute approximate surface area is 97.8 Å². The van der Waals surface area contributed by atoms with E-state index in [-0.39, 0.29) is 0 Å². The molecule has 3 nitrogen and oxygen atoms in total. The van der Waals surface area contributed by atoms with Gasteiger partial charge >= 0.3 is 6.03 Å². The predicted molar refractivity (Wildman–Crippen MR) is 63.2 cm³/mol. The summed E-state index contributed by atoms with van der Waals surface area (Å²) in [6.07, 6.45) is 6.25. The number of hydrogen-bond acceptors (Lipinski definition) is 1. The maximum Gasteiger partial charge on any atom is 0.320 e. The van der Waals surface area contributed by atoms with Crippen LogP contribution in [-0.2, 0) is 0 Å². The van der Waals surface area contributed by atoms with Crippen LogP contribution in [0.2, 0.25) is 0 Å². The van der Waals surface area contributed by atoms with Crippen LogP contribution < -0.4 is 0 Å². The maximum absolute atomic E-state index is 12.3. The number of urea groups is 1. The van der Waals surface area contributed by atoms with E-state index < -0.39 is 0 Å². The lowest BCUT2D eigenvalue weighted by Crippen LogP contribution is -2.49. The van der Waals surface area contributed by atoms with Crippen molar-refractivity contribution in [2.75, 3.05) is 19.6 Å². The number of hydrogen-bond donors (Lipinski definition) is 0. The normalized spacial score (nSPS) is 34.8. The van der Waals surface area contributed by atoms with Gasteiger partial charge in [-0.3, -0.25) is 0 Å². The Kier molecular flexibility index (Phi) is 2.56. The third kappa shape index (κ3) is 1.70. The average Bonchev–Trinajstić information content (AvgIpc) is 2.91. The highest BCUT2D eigenvalue weighted by atomic mass is 16.2. The average molecular weight is 222 g/mol. The number of carbonyl (C=O) groups excluding carboxylic acids is 1. The second-order valence-corrected chi connectivity index (χ2v) is 5.94. The summed E-state index contributed by atoms with van der Waals surface area (Å²) in [5.74, 6) is 1.62. The topological polar surface area (TPSA) is 23.6 Å². The molecule has 2 heterocycles. The predicted octanol–water partition coefficient (Wildman–Crippen LogP) is 2.32. The molecule has 0 N–H and O–H groups in total. The zero-order valence-electron chi connectivity index (χ0n) is 10.2. The fourth-order valence-corrected chi connectivity index (χ4v) is 3.54. The van der Waals surface area contributed by atoms with E-state index in [0.717, 1.165) is 31.5 Å². The van der Waals surface area contributed by atoms with Crippen molar-refractivity contribution >= 4 is 6.03 Å². The minimum atomic E-state index is 0.333. The fraction of sp³-hybridized carbons (Fsp3) is 0.923. The molecule has 90 valence electrons. The van der Waals surface area contributed by atoms with Gasteiger partial charge in [0.05, 0.1) is 0 Å². The summed E-state index contributed by atoms with van der Waals surface area (Å²) in [4.78, 5) is 16.6. The van der Waals surface area contributed by atoms with E-state index in [1.54, 1.807) is 0 Å². The van der Waals surface area contributed by atoms with Crippen molar-refractivity contribution < 1.29 is 4.79 Å². The summed E-state index contributed by atoms with van der Waals surface area (Å²) in [6, 6.07) is 0.913. The molecule has 0 aromatic heterocycles. The molecule has 2 saturated heterocycles. The van der Waals surface area contributed by atoms with Crippen molar-refractivity contribution in [2.45, 2.75) is 45.1 Å². The first kappa shape index (κ1) is 10.4. The van der Waals surface area contributed by atoms with Crippen molar-refractivity contribution in [1.82, 2.24) is 9.80 Å². The van der Waals surface area contributed by atoms with Crippen LogP contribution in [0.5, 0.6) is 0 Å². The highest BCUT2D eigenvalue weighted by Crippen LogP contribution is 2.38. The molecule has 3 heteroatoms. The van der Waals surface area contributed by atoms with Gasteiger partial charge in [-0.15, -0.1) is 0 Å². The molecule has 3 aliphatic rings. The van der Waals surface area contributed by atoms with E-state index in [0.29, 0.717) is 12.1 Å². The summed E-state index contributed by atoms with van der Waals surface area (Å²) in [5, 5.41) is 0. The second-order valence-electron chi connectivity index (χ2n) is 5.94. The third-order valence-corrected chi connectivity index (χ3v) is 4.71. The monoisotopic (exact) mass is 222 g/mol. The molecular formula is C13H22N2O. The molecule has 1 aliphatic carbocycles. The number of amides is 2. The summed E-state index contributed by atoms with van der Waals surface area (Å²) in [5.41, 5.74) is 0. The van der Waals surface area contributed by atoms with Gasteiger partial charge in [0.1, 0.15) is 0 Å². The molecule has 1 saturated carbocycles. The zero-order valence-corrected chi connectivity index (χ0v) is 10.2. The minimum Gasteiger partial charge on any atom is -0.325 e. The first-order chi connectivity index (χ1) is 7.74. The van der Waals surface area contributed by atoms with Crippen LogP contribution in [-0.4, -0.2) is 41.5 Å². The van der Waals surface area contributed by atoms with Gasteiger partial charge in [0.15, 0.2) is 0 Å². The van der Waals surface area contributed by atoms with E-state index in [2.05, 4.69) is 16.7 Å². The van der Waals surface area contributed by atoms with Crippen LogP contribution in [0.25, 0.3) is 0 Å². The van der Waals surface area contributed by atoms with Crippen LogP contribution in [0.3, 0.4) is 0 Å². The molecular weight excluding hydrogens is 200 g/mol. The minimum absolute atomic E-state index is 0.333. The molecule has 2 amide bonds. The fourth-order valence-electron chi connectivity index (χ4n) is 3.54. The van der Waals surface area contributed by atoms with Gasteiger partial charge in [0.25, 0.3) is 0 Å². The number of carbonyl (C=O) groups is 1. The van der Waals surface area contributed by atoms with Gasteiger partial charge < -0.3 is 9.80 Å². The van der Waals surface area contributed by atoms with Gasteiger partial charge in [0, 0.05) is 25.7 Å². The second kappa shape index (κ2) is 3.94. The largest absolute Gasteiger partial charge is 0.325 e. The molecule has 2 atom stereocenters. The number of piperidine rings is 2.